The predicted molar refractivity (Wildman–Crippen MR) is 70.3 cm³/mol. The number of esters is 1. The number of ether oxygens (including phenoxy) is 1. The van der Waals surface area contributed by atoms with Gasteiger partial charge >= 0.3 is 5.97 Å². The van der Waals surface area contributed by atoms with Crippen molar-refractivity contribution in [3.8, 4) is 0 Å². The van der Waals surface area contributed by atoms with Crippen molar-refractivity contribution in [1.29, 1.82) is 0 Å². The van der Waals surface area contributed by atoms with Crippen LogP contribution in [0.1, 0.15) is 33.1 Å². The van der Waals surface area contributed by atoms with Crippen molar-refractivity contribution in [2.45, 2.75) is 44.4 Å². The number of nitrogens with zero attached hydrogens (tertiary/aromatic N) is 1. The van der Waals surface area contributed by atoms with Gasteiger partial charge in [-0.25, -0.2) is 13.2 Å². The van der Waals surface area contributed by atoms with Crippen LogP contribution in [0.3, 0.4) is 0 Å². The number of carbonyl (C=O) groups excluding carboxylic acids is 2. The first kappa shape index (κ1) is 15.9. The monoisotopic (exact) mass is 291 g/mol. The van der Waals surface area contributed by atoms with Crippen LogP contribution < -0.4 is 0 Å². The molecule has 0 N–H and O–H groups in total. The highest BCUT2D eigenvalue weighted by Crippen LogP contribution is 2.20. The maximum Gasteiger partial charge on any atom is 0.328 e. The van der Waals surface area contributed by atoms with Gasteiger partial charge in [-0.15, -0.1) is 0 Å². The molecule has 0 aromatic rings. The van der Waals surface area contributed by atoms with E-state index in [9.17, 15) is 18.0 Å². The minimum absolute atomic E-state index is 0.249. The summed E-state index contributed by atoms with van der Waals surface area (Å²) in [6.45, 7) is 3.71. The van der Waals surface area contributed by atoms with E-state index in [0.29, 0.717) is 13.0 Å². The Hall–Kier alpha value is -1.11. The number of amides is 1. The van der Waals surface area contributed by atoms with Crippen molar-refractivity contribution < 1.29 is 22.7 Å². The van der Waals surface area contributed by atoms with Crippen molar-refractivity contribution in [2.75, 3.05) is 19.4 Å². The number of hydrogen-bond donors (Lipinski definition) is 0. The van der Waals surface area contributed by atoms with Gasteiger partial charge in [0.1, 0.15) is 11.3 Å². The highest BCUT2D eigenvalue weighted by molar-refractivity contribution is 7.92. The van der Waals surface area contributed by atoms with Gasteiger partial charge in [-0.3, -0.25) is 4.79 Å². The minimum atomic E-state index is -3.46. The fourth-order valence-electron chi connectivity index (χ4n) is 2.10. The lowest BCUT2D eigenvalue weighted by Crippen LogP contribution is -2.52. The molecule has 1 aliphatic heterocycles. The summed E-state index contributed by atoms with van der Waals surface area (Å²) in [5.74, 6) is -0.962. The number of rotatable bonds is 4. The summed E-state index contributed by atoms with van der Waals surface area (Å²) >= 11 is 0. The lowest BCUT2D eigenvalue weighted by Gasteiger charge is -2.35. The second-order valence-electron chi connectivity index (χ2n) is 4.77. The van der Waals surface area contributed by atoms with Gasteiger partial charge in [-0.1, -0.05) is 0 Å². The van der Waals surface area contributed by atoms with Crippen molar-refractivity contribution in [2.24, 2.45) is 0 Å². The molecular formula is C12H21NO5S. The highest BCUT2D eigenvalue weighted by Gasteiger charge is 2.37. The molecular weight excluding hydrogens is 270 g/mol. The largest absolute Gasteiger partial charge is 0.464 e. The van der Waals surface area contributed by atoms with Gasteiger partial charge in [0, 0.05) is 12.8 Å². The Bertz CT molecular complexity index is 445. The molecule has 0 bridgehead atoms. The second-order valence-corrected chi connectivity index (χ2v) is 7.13. The van der Waals surface area contributed by atoms with E-state index in [-0.39, 0.29) is 6.61 Å². The predicted octanol–water partition coefficient (Wildman–Crippen LogP) is 0.364. The number of likely N-dealkylation sites (tertiary alicyclic amines) is 1. The van der Waals surface area contributed by atoms with Gasteiger partial charge in [-0.05, 0) is 33.1 Å². The van der Waals surface area contributed by atoms with Crippen molar-refractivity contribution in [1.82, 2.24) is 4.90 Å². The Morgan fingerprint density at radius 1 is 1.37 bits per heavy atom. The third-order valence-corrected chi connectivity index (χ3v) is 4.82. The minimum Gasteiger partial charge on any atom is -0.464 e. The number of piperidine rings is 1. The van der Waals surface area contributed by atoms with Gasteiger partial charge in [0.2, 0.25) is 5.91 Å². The van der Waals surface area contributed by atoms with E-state index in [2.05, 4.69) is 0 Å². The summed E-state index contributed by atoms with van der Waals surface area (Å²) in [6, 6.07) is -0.648. The zero-order valence-electron chi connectivity index (χ0n) is 11.6. The molecule has 0 aliphatic carbocycles. The molecule has 0 aromatic heterocycles. The van der Waals surface area contributed by atoms with Gasteiger partial charge < -0.3 is 9.64 Å². The first-order chi connectivity index (χ1) is 8.79. The Balaban J connectivity index is 2.88. The molecule has 0 radical (unpaired) electrons. The van der Waals surface area contributed by atoms with Crippen LogP contribution in [0.25, 0.3) is 0 Å². The van der Waals surface area contributed by atoms with Crippen molar-refractivity contribution in [3.63, 3.8) is 0 Å². The molecule has 2 atom stereocenters. The highest BCUT2D eigenvalue weighted by atomic mass is 32.2. The number of sulfone groups is 1. The topological polar surface area (TPSA) is 80.8 Å². The summed E-state index contributed by atoms with van der Waals surface area (Å²) < 4.78 is 27.9. The van der Waals surface area contributed by atoms with E-state index in [0.717, 1.165) is 19.1 Å². The normalized spacial score (nSPS) is 21.8. The SMILES string of the molecule is CCOC(=O)C1CCCCN1C(=O)C(C)S(C)(=O)=O. The standard InChI is InChI=1S/C12H21NO5S/c1-4-18-12(15)10-7-5-6-8-13(10)11(14)9(2)19(3,16)17/h9-10H,4-8H2,1-3H3. The van der Waals surface area contributed by atoms with Crippen LogP contribution in [-0.2, 0) is 24.2 Å². The van der Waals surface area contributed by atoms with Crippen LogP contribution in [0.15, 0.2) is 0 Å². The molecule has 6 nitrogen and oxygen atoms in total. The van der Waals surface area contributed by atoms with Gasteiger partial charge in [0.15, 0.2) is 9.84 Å². The molecule has 0 saturated carbocycles. The number of hydrogen-bond acceptors (Lipinski definition) is 5. The maximum atomic E-state index is 12.2. The third kappa shape index (κ3) is 3.92. The fourth-order valence-corrected chi connectivity index (χ4v) is 2.60. The lowest BCUT2D eigenvalue weighted by atomic mass is 10.0. The smallest absolute Gasteiger partial charge is 0.328 e. The van der Waals surface area contributed by atoms with Crippen molar-refractivity contribution in [3.05, 3.63) is 0 Å². The Morgan fingerprint density at radius 3 is 2.53 bits per heavy atom. The molecule has 1 heterocycles. The molecule has 1 fully saturated rings. The lowest BCUT2D eigenvalue weighted by molar-refractivity contribution is -0.156. The molecule has 19 heavy (non-hydrogen) atoms. The van der Waals surface area contributed by atoms with Crippen LogP contribution in [0.4, 0.5) is 0 Å². The first-order valence-corrected chi connectivity index (χ1v) is 8.40. The molecule has 110 valence electrons. The zero-order chi connectivity index (χ0) is 14.6. The van der Waals surface area contributed by atoms with E-state index in [4.69, 9.17) is 4.74 Å². The van der Waals surface area contributed by atoms with Crippen LogP contribution in [0.2, 0.25) is 0 Å². The molecule has 1 amide bonds. The van der Waals surface area contributed by atoms with Crippen LogP contribution in [0.5, 0.6) is 0 Å². The van der Waals surface area contributed by atoms with E-state index in [1.54, 1.807) is 6.92 Å². The van der Waals surface area contributed by atoms with E-state index < -0.39 is 33.0 Å². The van der Waals surface area contributed by atoms with Crippen LogP contribution in [0, 0.1) is 0 Å². The Morgan fingerprint density at radius 2 is 2.00 bits per heavy atom. The molecule has 1 saturated heterocycles. The molecule has 1 aliphatic rings. The average Bonchev–Trinajstić information content (AvgIpc) is 2.36. The average molecular weight is 291 g/mol. The zero-order valence-corrected chi connectivity index (χ0v) is 12.4. The van der Waals surface area contributed by atoms with Crippen LogP contribution in [-0.4, -0.2) is 55.9 Å². The summed E-state index contributed by atoms with van der Waals surface area (Å²) in [5.41, 5.74) is 0. The van der Waals surface area contributed by atoms with Gasteiger partial charge in [-0.2, -0.15) is 0 Å². The quantitative estimate of drug-likeness (QED) is 0.699. The van der Waals surface area contributed by atoms with E-state index in [1.807, 2.05) is 0 Å². The third-order valence-electron chi connectivity index (χ3n) is 3.33. The maximum absolute atomic E-state index is 12.2. The number of carbonyl (C=O) groups is 2. The Kier molecular flexibility index (Phi) is 5.34. The van der Waals surface area contributed by atoms with Gasteiger partial charge in [0.25, 0.3) is 0 Å². The Labute approximate surface area is 114 Å². The molecule has 0 spiro atoms. The summed E-state index contributed by atoms with van der Waals surface area (Å²) in [5, 5.41) is -1.12. The summed E-state index contributed by atoms with van der Waals surface area (Å²) in [6.07, 6.45) is 3.17. The second kappa shape index (κ2) is 6.36. The molecule has 1 rings (SSSR count). The fraction of sp³-hybridized carbons (Fsp3) is 0.833. The van der Waals surface area contributed by atoms with E-state index in [1.165, 1.54) is 11.8 Å². The molecule has 2 unspecified atom stereocenters. The summed E-state index contributed by atoms with van der Waals surface area (Å²) in [7, 11) is -3.46. The van der Waals surface area contributed by atoms with Gasteiger partial charge in [0.05, 0.1) is 6.61 Å². The first-order valence-electron chi connectivity index (χ1n) is 6.45. The van der Waals surface area contributed by atoms with Crippen molar-refractivity contribution >= 4 is 21.7 Å². The molecule has 0 aromatic carbocycles. The molecule has 7 heteroatoms. The van der Waals surface area contributed by atoms with Crippen LogP contribution >= 0.6 is 0 Å². The summed E-state index contributed by atoms with van der Waals surface area (Å²) in [4.78, 5) is 25.4. The van der Waals surface area contributed by atoms with E-state index >= 15 is 0 Å².